The minimum absolute atomic E-state index is 0.00399. The highest BCUT2D eigenvalue weighted by molar-refractivity contribution is 7.92. The van der Waals surface area contributed by atoms with Crippen LogP contribution in [0.3, 0.4) is 0 Å². The molecule has 7 heteroatoms. The molecule has 0 aliphatic heterocycles. The molecule has 0 spiro atoms. The Kier molecular flexibility index (Phi) is 4.04. The number of hydrogen-bond donors (Lipinski definition) is 2. The molecule has 0 aliphatic rings. The van der Waals surface area contributed by atoms with E-state index in [-0.39, 0.29) is 10.6 Å². The third-order valence-corrected chi connectivity index (χ3v) is 4.49. The molecule has 21 heavy (non-hydrogen) atoms. The highest BCUT2D eigenvalue weighted by Crippen LogP contribution is 2.30. The zero-order valence-corrected chi connectivity index (χ0v) is 12.9. The highest BCUT2D eigenvalue weighted by Gasteiger charge is 2.21. The van der Waals surface area contributed by atoms with Crippen LogP contribution in [0, 0.1) is 13.8 Å². The second-order valence-electron chi connectivity index (χ2n) is 4.66. The van der Waals surface area contributed by atoms with Crippen LogP contribution in [0.25, 0.3) is 0 Å². The van der Waals surface area contributed by atoms with Gasteiger partial charge in [0.2, 0.25) is 0 Å². The zero-order valence-electron chi connectivity index (χ0n) is 12.0. The Labute approximate surface area is 124 Å². The van der Waals surface area contributed by atoms with Crippen LogP contribution < -0.4 is 15.2 Å². The maximum Gasteiger partial charge on any atom is 0.265 e. The molecular weight excluding hydrogens is 290 g/mol. The lowest BCUT2D eigenvalue weighted by Gasteiger charge is -2.14. The molecule has 0 atom stereocenters. The van der Waals surface area contributed by atoms with E-state index in [4.69, 9.17) is 10.5 Å². The SMILES string of the molecule is COc1cc(C)c(N)cc1S(=O)(=O)Nc1ccncc1C. The molecule has 6 nitrogen and oxygen atoms in total. The van der Waals surface area contributed by atoms with E-state index in [2.05, 4.69) is 9.71 Å². The van der Waals surface area contributed by atoms with Crippen LogP contribution in [0.4, 0.5) is 11.4 Å². The summed E-state index contributed by atoms with van der Waals surface area (Å²) in [5, 5.41) is 0. The molecule has 2 rings (SSSR count). The van der Waals surface area contributed by atoms with Gasteiger partial charge < -0.3 is 10.5 Å². The van der Waals surface area contributed by atoms with E-state index < -0.39 is 10.0 Å². The Morgan fingerprint density at radius 2 is 1.95 bits per heavy atom. The average Bonchev–Trinajstić information content (AvgIpc) is 2.43. The van der Waals surface area contributed by atoms with Crippen molar-refractivity contribution < 1.29 is 13.2 Å². The fourth-order valence-electron chi connectivity index (χ4n) is 1.83. The Balaban J connectivity index is 2.50. The van der Waals surface area contributed by atoms with Crippen molar-refractivity contribution in [2.24, 2.45) is 0 Å². The molecule has 2 aromatic rings. The van der Waals surface area contributed by atoms with E-state index in [0.29, 0.717) is 11.4 Å². The quantitative estimate of drug-likeness (QED) is 0.843. The molecule has 112 valence electrons. The van der Waals surface area contributed by atoms with Gasteiger partial charge in [-0.05, 0) is 43.2 Å². The van der Waals surface area contributed by atoms with Crippen molar-refractivity contribution in [1.29, 1.82) is 0 Å². The number of aromatic nitrogens is 1. The fourth-order valence-corrected chi connectivity index (χ4v) is 3.15. The van der Waals surface area contributed by atoms with Gasteiger partial charge in [0, 0.05) is 18.1 Å². The second-order valence-corrected chi connectivity index (χ2v) is 6.31. The van der Waals surface area contributed by atoms with Gasteiger partial charge in [-0.25, -0.2) is 8.42 Å². The number of ether oxygens (including phenoxy) is 1. The average molecular weight is 307 g/mol. The molecule has 3 N–H and O–H groups in total. The monoisotopic (exact) mass is 307 g/mol. The predicted octanol–water partition coefficient (Wildman–Crippen LogP) is 2.09. The van der Waals surface area contributed by atoms with E-state index in [1.165, 1.54) is 19.4 Å². The topological polar surface area (TPSA) is 94.3 Å². The standard InChI is InChI=1S/C14H17N3O3S/c1-9-6-13(20-3)14(7-11(9)15)21(18,19)17-12-4-5-16-8-10(12)2/h4-8H,15H2,1-3H3,(H,16,17). The van der Waals surface area contributed by atoms with Gasteiger partial charge in [-0.15, -0.1) is 0 Å². The van der Waals surface area contributed by atoms with Crippen LogP contribution in [-0.2, 0) is 10.0 Å². The third-order valence-electron chi connectivity index (χ3n) is 3.11. The van der Waals surface area contributed by atoms with Crippen LogP contribution in [0.1, 0.15) is 11.1 Å². The van der Waals surface area contributed by atoms with Crippen LogP contribution in [0.15, 0.2) is 35.5 Å². The lowest BCUT2D eigenvalue weighted by atomic mass is 10.2. The van der Waals surface area contributed by atoms with Crippen molar-refractivity contribution in [2.45, 2.75) is 18.7 Å². The summed E-state index contributed by atoms with van der Waals surface area (Å²) < 4.78 is 32.7. The Morgan fingerprint density at radius 1 is 1.24 bits per heavy atom. The first-order valence-electron chi connectivity index (χ1n) is 6.22. The number of pyridine rings is 1. The van der Waals surface area contributed by atoms with Crippen molar-refractivity contribution in [2.75, 3.05) is 17.6 Å². The minimum atomic E-state index is -3.80. The summed E-state index contributed by atoms with van der Waals surface area (Å²) in [5.41, 5.74) is 8.14. The number of hydrogen-bond acceptors (Lipinski definition) is 5. The maximum absolute atomic E-state index is 12.5. The summed E-state index contributed by atoms with van der Waals surface area (Å²) in [6, 6.07) is 4.59. The van der Waals surface area contributed by atoms with Crippen molar-refractivity contribution in [1.82, 2.24) is 4.98 Å². The number of nitrogen functional groups attached to an aromatic ring is 1. The number of rotatable bonds is 4. The van der Waals surface area contributed by atoms with Crippen molar-refractivity contribution in [3.8, 4) is 5.75 Å². The molecule has 0 aliphatic carbocycles. The van der Waals surface area contributed by atoms with Gasteiger partial charge in [0.15, 0.2) is 0 Å². The van der Waals surface area contributed by atoms with Crippen LogP contribution in [0.5, 0.6) is 5.75 Å². The van der Waals surface area contributed by atoms with E-state index >= 15 is 0 Å². The first kappa shape index (κ1) is 15.1. The van der Waals surface area contributed by atoms with E-state index in [0.717, 1.165) is 11.1 Å². The van der Waals surface area contributed by atoms with Crippen molar-refractivity contribution in [3.05, 3.63) is 41.7 Å². The molecule has 0 saturated heterocycles. The largest absolute Gasteiger partial charge is 0.495 e. The summed E-state index contributed by atoms with van der Waals surface area (Å²) in [4.78, 5) is 3.93. The summed E-state index contributed by atoms with van der Waals surface area (Å²) in [6.07, 6.45) is 3.10. The molecule has 1 aromatic heterocycles. The normalized spacial score (nSPS) is 11.2. The smallest absolute Gasteiger partial charge is 0.265 e. The lowest BCUT2D eigenvalue weighted by Crippen LogP contribution is -2.15. The van der Waals surface area contributed by atoms with E-state index in [9.17, 15) is 8.42 Å². The molecule has 0 amide bonds. The van der Waals surface area contributed by atoms with Crippen LogP contribution in [0.2, 0.25) is 0 Å². The zero-order chi connectivity index (χ0) is 15.6. The molecule has 0 radical (unpaired) electrons. The van der Waals surface area contributed by atoms with Gasteiger partial charge in [0.1, 0.15) is 10.6 Å². The van der Waals surface area contributed by atoms with Crippen molar-refractivity contribution in [3.63, 3.8) is 0 Å². The van der Waals surface area contributed by atoms with Gasteiger partial charge in [-0.1, -0.05) is 0 Å². The van der Waals surface area contributed by atoms with Gasteiger partial charge >= 0.3 is 0 Å². The number of methoxy groups -OCH3 is 1. The van der Waals surface area contributed by atoms with Gasteiger partial charge in [0.25, 0.3) is 10.0 Å². The molecule has 1 heterocycles. The minimum Gasteiger partial charge on any atom is -0.495 e. The number of nitrogens with two attached hydrogens (primary N) is 1. The van der Waals surface area contributed by atoms with Gasteiger partial charge in [-0.2, -0.15) is 0 Å². The third kappa shape index (κ3) is 3.08. The molecule has 0 unspecified atom stereocenters. The number of anilines is 2. The molecule has 0 saturated carbocycles. The predicted molar refractivity (Wildman–Crippen MR) is 81.9 cm³/mol. The second kappa shape index (κ2) is 5.61. The van der Waals surface area contributed by atoms with Crippen LogP contribution in [-0.4, -0.2) is 20.5 Å². The molecule has 0 bridgehead atoms. The number of benzene rings is 1. The molecule has 0 fully saturated rings. The van der Waals surface area contributed by atoms with Gasteiger partial charge in [-0.3, -0.25) is 9.71 Å². The highest BCUT2D eigenvalue weighted by atomic mass is 32.2. The van der Waals surface area contributed by atoms with E-state index in [1.807, 2.05) is 0 Å². The first-order valence-corrected chi connectivity index (χ1v) is 7.71. The first-order chi connectivity index (χ1) is 9.85. The number of nitrogens with zero attached hydrogens (tertiary/aromatic N) is 1. The van der Waals surface area contributed by atoms with Crippen molar-refractivity contribution >= 4 is 21.4 Å². The fraction of sp³-hybridized carbons (Fsp3) is 0.214. The number of nitrogens with one attached hydrogen (secondary N) is 1. The Bertz CT molecular complexity index is 773. The molecular formula is C14H17N3O3S. The summed E-state index contributed by atoms with van der Waals surface area (Å²) in [7, 11) is -2.38. The summed E-state index contributed by atoms with van der Waals surface area (Å²) >= 11 is 0. The Hall–Kier alpha value is -2.28. The maximum atomic E-state index is 12.5. The Morgan fingerprint density at radius 3 is 2.57 bits per heavy atom. The summed E-state index contributed by atoms with van der Waals surface area (Å²) in [6.45, 7) is 3.56. The lowest BCUT2D eigenvalue weighted by molar-refractivity contribution is 0.402. The number of aryl methyl sites for hydroxylation is 2. The van der Waals surface area contributed by atoms with E-state index in [1.54, 1.807) is 32.2 Å². The van der Waals surface area contributed by atoms with Gasteiger partial charge in [0.05, 0.1) is 12.8 Å². The van der Waals surface area contributed by atoms with Crippen LogP contribution >= 0.6 is 0 Å². The number of sulfonamides is 1. The summed E-state index contributed by atoms with van der Waals surface area (Å²) in [5.74, 6) is 0.251. The molecule has 1 aromatic carbocycles.